The van der Waals surface area contributed by atoms with Gasteiger partial charge < -0.3 is 32.5 Å². The number of allylic oxidation sites excluding steroid dienone is 2. The van der Waals surface area contributed by atoms with Gasteiger partial charge in [-0.2, -0.15) is 0 Å². The minimum absolute atomic E-state index is 0.0538. The Morgan fingerprint density at radius 1 is 0.962 bits per heavy atom. The molecule has 0 radical (unpaired) electrons. The van der Waals surface area contributed by atoms with Crippen molar-refractivity contribution in [3.8, 4) is 5.75 Å². The lowest BCUT2D eigenvalue weighted by atomic mass is 10.0. The van der Waals surface area contributed by atoms with Crippen LogP contribution in [0, 0.1) is 0 Å². The van der Waals surface area contributed by atoms with Crippen molar-refractivity contribution in [2.24, 2.45) is 0 Å². The van der Waals surface area contributed by atoms with Crippen LogP contribution in [0.4, 0.5) is 0 Å². The molecule has 1 aromatic carbocycles. The van der Waals surface area contributed by atoms with E-state index in [1.165, 1.54) is 5.57 Å². The highest BCUT2D eigenvalue weighted by Gasteiger charge is 2.39. The molecular weight excluding hydrogens is 701 g/mol. The monoisotopic (exact) mass is 774 g/mol. The average molecular weight is 775 g/mol. The van der Waals surface area contributed by atoms with E-state index in [9.17, 15) is 4.79 Å². The quantitative estimate of drug-likeness (QED) is 0.0528. The molecule has 1 fully saturated rings. The van der Waals surface area contributed by atoms with Crippen molar-refractivity contribution >= 4 is 22.6 Å². The fourth-order valence-electron chi connectivity index (χ4n) is 5.19. The maximum absolute atomic E-state index is 12.7. The van der Waals surface area contributed by atoms with Gasteiger partial charge in [0.1, 0.15) is 5.75 Å². The number of hydrogen-bond acceptors (Lipinski definition) is 8. The number of esters is 1. The van der Waals surface area contributed by atoms with Gasteiger partial charge in [0.15, 0.2) is 22.9 Å². The highest BCUT2D eigenvalue weighted by molar-refractivity contribution is 6.74. The molecule has 0 unspecified atom stereocenters. The molecule has 8 nitrogen and oxygen atoms in total. The van der Waals surface area contributed by atoms with E-state index >= 15 is 0 Å². The highest BCUT2D eigenvalue weighted by atomic mass is 28.4. The molecule has 0 N–H and O–H groups in total. The summed E-state index contributed by atoms with van der Waals surface area (Å²) >= 11 is 0. The Hall–Kier alpha value is -2.06. The molecule has 302 valence electrons. The Kier molecular flexibility index (Phi) is 19.4. The predicted octanol–water partition coefficient (Wildman–Crippen LogP) is 11.1. The molecule has 10 heteroatoms. The van der Waals surface area contributed by atoms with Gasteiger partial charge in [-0.25, -0.2) is 0 Å². The highest BCUT2D eigenvalue weighted by Crippen LogP contribution is 2.38. The first-order valence-corrected chi connectivity index (χ1v) is 25.5. The fraction of sp³-hybridized carbons (Fsp3) is 0.698. The zero-order chi connectivity index (χ0) is 39.9. The van der Waals surface area contributed by atoms with Crippen LogP contribution in [0.1, 0.15) is 106 Å². The van der Waals surface area contributed by atoms with E-state index in [0.29, 0.717) is 39.3 Å². The summed E-state index contributed by atoms with van der Waals surface area (Å²) in [5, 5.41) is 0.236. The van der Waals surface area contributed by atoms with E-state index in [1.54, 1.807) is 7.11 Å². The van der Waals surface area contributed by atoms with Crippen LogP contribution in [0.25, 0.3) is 0 Å². The normalized spacial score (nSPS) is 20.2. The second-order valence-corrected chi connectivity index (χ2v) is 27.2. The number of rotatable bonds is 21. The summed E-state index contributed by atoms with van der Waals surface area (Å²) in [5.41, 5.74) is 3.41. The Bertz CT molecular complexity index is 1320. The van der Waals surface area contributed by atoms with Crippen LogP contribution in [-0.4, -0.2) is 74.1 Å². The van der Waals surface area contributed by atoms with E-state index in [-0.39, 0.29) is 40.8 Å². The molecule has 1 aliphatic heterocycles. The smallest absolute Gasteiger partial charge is 0.308 e. The lowest BCUT2D eigenvalue weighted by molar-refractivity contribution is -0.211. The fourth-order valence-corrected chi connectivity index (χ4v) is 7.46. The molecule has 1 aliphatic rings. The third-order valence-electron chi connectivity index (χ3n) is 10.7. The zero-order valence-corrected chi connectivity index (χ0v) is 37.8. The summed E-state index contributed by atoms with van der Waals surface area (Å²) in [5.74, 6) is 0.591. The van der Waals surface area contributed by atoms with Crippen LogP contribution in [0.3, 0.4) is 0 Å². The third-order valence-corrected chi connectivity index (χ3v) is 19.8. The van der Waals surface area contributed by atoms with Crippen LogP contribution < -0.4 is 4.74 Å². The molecule has 4 atom stereocenters. The molecule has 53 heavy (non-hydrogen) atoms. The number of methoxy groups -OCH3 is 1. The Balaban J connectivity index is 2.18. The number of carbonyl (C=O) groups excluding carboxylic acids is 1. The Morgan fingerprint density at radius 3 is 2.23 bits per heavy atom. The van der Waals surface area contributed by atoms with Crippen molar-refractivity contribution in [2.75, 3.05) is 26.9 Å². The number of carbonyl (C=O) groups is 1. The first-order valence-electron chi connectivity index (χ1n) is 19.6. The van der Waals surface area contributed by atoms with Crippen LogP contribution in [0.2, 0.25) is 36.3 Å². The van der Waals surface area contributed by atoms with Crippen molar-refractivity contribution in [3.63, 3.8) is 0 Å². The van der Waals surface area contributed by atoms with Crippen LogP contribution >= 0.6 is 0 Å². The summed E-state index contributed by atoms with van der Waals surface area (Å²) in [4.78, 5) is 12.7. The molecule has 1 heterocycles. The average Bonchev–Trinajstić information content (AvgIpc) is 3.03. The molecular formula is C43H74O8Si2. The molecule has 2 rings (SSSR count). The van der Waals surface area contributed by atoms with Crippen molar-refractivity contribution < 1.29 is 37.3 Å². The summed E-state index contributed by atoms with van der Waals surface area (Å²) in [7, 11) is -2.22. The zero-order valence-electron chi connectivity index (χ0n) is 35.8. The van der Waals surface area contributed by atoms with E-state index in [1.807, 2.05) is 30.3 Å². The summed E-state index contributed by atoms with van der Waals surface area (Å²) < 4.78 is 43.1. The molecule has 0 spiro atoms. The first kappa shape index (κ1) is 47.1. The van der Waals surface area contributed by atoms with Gasteiger partial charge in [0.2, 0.25) is 0 Å². The molecule has 0 saturated carbocycles. The van der Waals surface area contributed by atoms with Crippen LogP contribution in [0.15, 0.2) is 59.7 Å². The summed E-state index contributed by atoms with van der Waals surface area (Å²) in [6.45, 7) is 31.0. The predicted molar refractivity (Wildman–Crippen MR) is 222 cm³/mol. The van der Waals surface area contributed by atoms with Crippen molar-refractivity contribution in [3.05, 3.63) is 65.3 Å². The van der Waals surface area contributed by atoms with Crippen LogP contribution in [0.5, 0.6) is 5.75 Å². The molecule has 0 aromatic heterocycles. The van der Waals surface area contributed by atoms with E-state index in [2.05, 4.69) is 107 Å². The van der Waals surface area contributed by atoms with Crippen molar-refractivity contribution in [1.82, 2.24) is 0 Å². The summed E-state index contributed by atoms with van der Waals surface area (Å²) in [6.07, 6.45) is 11.3. The minimum Gasteiger partial charge on any atom is -0.497 e. The SMILES string of the molecule is CCCCOC(=O)C[C@H]1C[C@@H](/C=C/C/C(C)=C\CO[Si](C)(C)C(C)(C)C)O[C@@H](/C=C(\C)C[C@H](COCc2ccc(OC)cc2)O[Si](C)(C)C(C)(C)C)O1. The third kappa shape index (κ3) is 17.5. The van der Waals surface area contributed by atoms with Crippen molar-refractivity contribution in [1.29, 1.82) is 0 Å². The van der Waals surface area contributed by atoms with Gasteiger partial charge in [0.25, 0.3) is 0 Å². The van der Waals surface area contributed by atoms with Crippen LogP contribution in [-0.2, 0) is 39.2 Å². The first-order chi connectivity index (χ1) is 24.7. The Labute approximate surface area is 325 Å². The number of benzene rings is 1. The number of unbranched alkanes of at least 4 members (excludes halogenated alkanes) is 1. The van der Waals surface area contributed by atoms with Gasteiger partial charge in [0.05, 0.1) is 58.3 Å². The maximum Gasteiger partial charge on any atom is 0.308 e. The summed E-state index contributed by atoms with van der Waals surface area (Å²) in [6, 6.07) is 7.94. The maximum atomic E-state index is 12.7. The topological polar surface area (TPSA) is 81.7 Å². The van der Waals surface area contributed by atoms with Gasteiger partial charge in [-0.1, -0.05) is 96.4 Å². The van der Waals surface area contributed by atoms with Gasteiger partial charge in [-0.05, 0) is 93.1 Å². The van der Waals surface area contributed by atoms with E-state index in [0.717, 1.165) is 36.1 Å². The number of ether oxygens (including phenoxy) is 5. The van der Waals surface area contributed by atoms with Gasteiger partial charge >= 0.3 is 5.97 Å². The second kappa shape index (κ2) is 21.9. The molecule has 0 bridgehead atoms. The Morgan fingerprint density at radius 2 is 1.62 bits per heavy atom. The lowest BCUT2D eigenvalue weighted by Gasteiger charge is -2.39. The van der Waals surface area contributed by atoms with Gasteiger partial charge in [-0.15, -0.1) is 0 Å². The standard InChI is InChI=1S/C43H74O8Si2/c1-15-16-25-47-40(44)30-38-29-37(19-17-18-33(2)24-26-48-52(11,12)42(4,5)6)49-41(50-38)28-34(3)27-39(51-53(13,14)43(7,8)9)32-46-31-35-20-22-36(45-10)23-21-35/h17,19-24,28,37-39,41H,15-16,18,25-27,29-32H2,1-14H3/b19-17+,33-24-,34-28+/t37-,38-,39-,41-/m1/s1. The minimum atomic E-state index is -2.09. The van der Waals surface area contributed by atoms with E-state index < -0.39 is 22.9 Å². The second-order valence-electron chi connectivity index (χ2n) is 17.6. The molecule has 1 saturated heterocycles. The largest absolute Gasteiger partial charge is 0.497 e. The van der Waals surface area contributed by atoms with Gasteiger partial charge in [0, 0.05) is 6.42 Å². The number of hydrogen-bond donors (Lipinski definition) is 0. The van der Waals surface area contributed by atoms with Crippen molar-refractivity contribution in [2.45, 2.75) is 168 Å². The molecule has 1 aromatic rings. The molecule has 0 aliphatic carbocycles. The van der Waals surface area contributed by atoms with E-state index in [4.69, 9.17) is 32.5 Å². The van der Waals surface area contributed by atoms with Gasteiger partial charge in [-0.3, -0.25) is 4.79 Å². The molecule has 0 amide bonds. The lowest BCUT2D eigenvalue weighted by Crippen LogP contribution is -2.45.